The normalized spacial score (nSPS) is 19.7. The van der Waals surface area contributed by atoms with Gasteiger partial charge in [0.25, 0.3) is 0 Å². The molecule has 130 valence electrons. The first-order valence-electron chi connectivity index (χ1n) is 8.29. The monoisotopic (exact) mass is 338 g/mol. The lowest BCUT2D eigenvalue weighted by Gasteiger charge is -2.34. The zero-order chi connectivity index (χ0) is 18.5. The van der Waals surface area contributed by atoms with E-state index in [4.69, 9.17) is 0 Å². The number of allylic oxidation sites excluding steroid dienone is 2. The number of benzene rings is 2. The molecule has 4 heteroatoms. The number of hydrogen-bond donors (Lipinski definition) is 3. The molecule has 2 aromatic rings. The Bertz CT molecular complexity index is 908. The zero-order valence-electron chi connectivity index (χ0n) is 14.8. The van der Waals surface area contributed by atoms with Crippen LogP contribution in [0.4, 0.5) is 0 Å². The van der Waals surface area contributed by atoms with Gasteiger partial charge in [0.15, 0.2) is 17.3 Å². The number of aryl methyl sites for hydroxylation is 1. The van der Waals surface area contributed by atoms with Gasteiger partial charge in [0.1, 0.15) is 5.75 Å². The summed E-state index contributed by atoms with van der Waals surface area (Å²) in [5.41, 5.74) is 2.67. The summed E-state index contributed by atoms with van der Waals surface area (Å²) in [5.74, 6) is -0.359. The molecule has 4 nitrogen and oxygen atoms in total. The van der Waals surface area contributed by atoms with E-state index in [0.717, 1.165) is 16.7 Å². The van der Waals surface area contributed by atoms with Crippen molar-refractivity contribution < 1.29 is 20.1 Å². The highest BCUT2D eigenvalue weighted by atomic mass is 16.3. The van der Waals surface area contributed by atoms with Crippen molar-refractivity contribution in [2.45, 2.75) is 33.1 Å². The number of carbonyl (C=O) groups excluding carboxylic acids is 1. The summed E-state index contributed by atoms with van der Waals surface area (Å²) in [6.07, 6.45) is 1.94. The topological polar surface area (TPSA) is 77.8 Å². The van der Waals surface area contributed by atoms with Gasteiger partial charge in [0.05, 0.1) is 5.41 Å². The largest absolute Gasteiger partial charge is 0.508 e. The molecule has 0 unspecified atom stereocenters. The molecule has 1 aliphatic rings. The number of carbonyl (C=O) groups is 1. The van der Waals surface area contributed by atoms with Gasteiger partial charge < -0.3 is 15.3 Å². The van der Waals surface area contributed by atoms with Crippen molar-refractivity contribution >= 4 is 11.4 Å². The van der Waals surface area contributed by atoms with Crippen LogP contribution in [-0.4, -0.2) is 21.1 Å². The average Bonchev–Trinajstić information content (AvgIpc) is 2.55. The van der Waals surface area contributed by atoms with Gasteiger partial charge >= 0.3 is 0 Å². The van der Waals surface area contributed by atoms with Gasteiger partial charge in [-0.25, -0.2) is 0 Å². The van der Waals surface area contributed by atoms with Crippen molar-refractivity contribution in [1.82, 2.24) is 0 Å². The predicted octanol–water partition coefficient (Wildman–Crippen LogP) is 4.31. The van der Waals surface area contributed by atoms with Crippen LogP contribution in [0.3, 0.4) is 0 Å². The van der Waals surface area contributed by atoms with Crippen LogP contribution in [0.1, 0.15) is 47.8 Å². The molecular formula is C21H22O4. The SMILES string of the molecule is Cc1cc2c(cc1O)C(=O)[C@](C)(c1ccc(O)c(O)c1)C=C2C(C)C. The third kappa shape index (κ3) is 2.58. The maximum absolute atomic E-state index is 13.3. The molecular weight excluding hydrogens is 316 g/mol. The fourth-order valence-electron chi connectivity index (χ4n) is 3.40. The lowest BCUT2D eigenvalue weighted by atomic mass is 9.68. The van der Waals surface area contributed by atoms with E-state index in [2.05, 4.69) is 13.8 Å². The average molecular weight is 338 g/mol. The molecule has 1 atom stereocenters. The Morgan fingerprint density at radius 2 is 1.60 bits per heavy atom. The van der Waals surface area contributed by atoms with E-state index in [0.29, 0.717) is 11.1 Å². The van der Waals surface area contributed by atoms with E-state index >= 15 is 0 Å². The molecule has 25 heavy (non-hydrogen) atoms. The van der Waals surface area contributed by atoms with Gasteiger partial charge in [-0.3, -0.25) is 4.79 Å². The minimum absolute atomic E-state index is 0.0907. The van der Waals surface area contributed by atoms with Crippen LogP contribution in [0.15, 0.2) is 36.4 Å². The molecule has 1 aliphatic carbocycles. The highest BCUT2D eigenvalue weighted by Gasteiger charge is 2.40. The number of phenolic OH excluding ortho intramolecular Hbond substituents is 3. The van der Waals surface area contributed by atoms with E-state index in [-0.39, 0.29) is 28.9 Å². The molecule has 3 N–H and O–H groups in total. The van der Waals surface area contributed by atoms with Crippen LogP contribution < -0.4 is 0 Å². The molecule has 2 aromatic carbocycles. The third-order valence-corrected chi connectivity index (χ3v) is 5.00. The number of rotatable bonds is 2. The van der Waals surface area contributed by atoms with E-state index < -0.39 is 5.41 Å². The highest BCUT2D eigenvalue weighted by Crippen LogP contribution is 2.44. The van der Waals surface area contributed by atoms with E-state index in [9.17, 15) is 20.1 Å². The maximum Gasteiger partial charge on any atom is 0.177 e. The fraction of sp³-hybridized carbons (Fsp3) is 0.286. The molecule has 0 saturated carbocycles. The molecule has 0 fully saturated rings. The van der Waals surface area contributed by atoms with Crippen LogP contribution in [0, 0.1) is 12.8 Å². The van der Waals surface area contributed by atoms with Crippen LogP contribution in [0.25, 0.3) is 5.57 Å². The Hall–Kier alpha value is -2.75. The van der Waals surface area contributed by atoms with Gasteiger partial charge in [-0.1, -0.05) is 26.0 Å². The van der Waals surface area contributed by atoms with Gasteiger partial charge in [-0.15, -0.1) is 0 Å². The van der Waals surface area contributed by atoms with Crippen LogP contribution in [0.5, 0.6) is 17.2 Å². The zero-order valence-corrected chi connectivity index (χ0v) is 14.8. The van der Waals surface area contributed by atoms with Crippen LogP contribution >= 0.6 is 0 Å². The first-order valence-corrected chi connectivity index (χ1v) is 8.29. The number of fused-ring (bicyclic) bond motifs is 1. The molecule has 0 heterocycles. The summed E-state index contributed by atoms with van der Waals surface area (Å²) in [6, 6.07) is 7.82. The Morgan fingerprint density at radius 3 is 2.20 bits per heavy atom. The summed E-state index contributed by atoms with van der Waals surface area (Å²) in [7, 11) is 0. The van der Waals surface area contributed by atoms with E-state index in [1.165, 1.54) is 18.2 Å². The van der Waals surface area contributed by atoms with Crippen molar-refractivity contribution in [1.29, 1.82) is 0 Å². The standard InChI is InChI=1S/C21H22O4/c1-11(2)16-10-21(4,13-5-6-17(22)19(24)8-13)20(25)15-9-18(23)12(3)7-14(15)16/h5-11,22-24H,1-4H3/t21-/m0/s1. The second-order valence-corrected chi connectivity index (χ2v) is 7.17. The molecule has 0 spiro atoms. The quantitative estimate of drug-likeness (QED) is 0.713. The Balaban J connectivity index is 2.29. The summed E-state index contributed by atoms with van der Waals surface area (Å²) in [4.78, 5) is 13.3. The second kappa shape index (κ2) is 5.66. The minimum atomic E-state index is -0.987. The van der Waals surface area contributed by atoms with Gasteiger partial charge in [0.2, 0.25) is 0 Å². The number of ketones is 1. The Labute approximate surface area is 147 Å². The Morgan fingerprint density at radius 1 is 0.920 bits per heavy atom. The summed E-state index contributed by atoms with van der Waals surface area (Å²) < 4.78 is 0. The lowest BCUT2D eigenvalue weighted by Crippen LogP contribution is -2.35. The van der Waals surface area contributed by atoms with Crippen molar-refractivity contribution in [3.05, 3.63) is 58.7 Å². The Kier molecular flexibility index (Phi) is 3.87. The van der Waals surface area contributed by atoms with Gasteiger partial charge in [0, 0.05) is 5.56 Å². The third-order valence-electron chi connectivity index (χ3n) is 5.00. The number of aromatic hydroxyl groups is 3. The maximum atomic E-state index is 13.3. The second-order valence-electron chi connectivity index (χ2n) is 7.17. The van der Waals surface area contributed by atoms with Gasteiger partial charge in [-0.05, 0) is 66.3 Å². The fourth-order valence-corrected chi connectivity index (χ4v) is 3.40. The highest BCUT2D eigenvalue weighted by molar-refractivity contribution is 6.12. The molecule has 0 amide bonds. The van der Waals surface area contributed by atoms with Crippen LogP contribution in [-0.2, 0) is 5.41 Å². The van der Waals surface area contributed by atoms with E-state index in [1.54, 1.807) is 13.0 Å². The first kappa shape index (κ1) is 17.1. The number of Topliss-reactive ketones (excluding diaryl/α,β-unsaturated/α-hetero) is 1. The molecule has 3 rings (SSSR count). The molecule has 0 aromatic heterocycles. The molecule has 0 bridgehead atoms. The summed E-state index contributed by atoms with van der Waals surface area (Å²) >= 11 is 0. The van der Waals surface area contributed by atoms with Crippen molar-refractivity contribution in [2.75, 3.05) is 0 Å². The van der Waals surface area contributed by atoms with Crippen molar-refractivity contribution in [2.24, 2.45) is 5.92 Å². The smallest absolute Gasteiger partial charge is 0.177 e. The first-order chi connectivity index (χ1) is 11.6. The number of phenols is 3. The number of hydrogen-bond acceptors (Lipinski definition) is 4. The van der Waals surface area contributed by atoms with Gasteiger partial charge in [-0.2, -0.15) is 0 Å². The van der Waals surface area contributed by atoms with Crippen molar-refractivity contribution in [3.8, 4) is 17.2 Å². The lowest BCUT2D eigenvalue weighted by molar-refractivity contribution is 0.0924. The molecule has 0 aliphatic heterocycles. The van der Waals surface area contributed by atoms with Crippen LogP contribution in [0.2, 0.25) is 0 Å². The molecule has 0 radical (unpaired) electrons. The summed E-state index contributed by atoms with van der Waals surface area (Å²) in [5, 5.41) is 29.5. The van der Waals surface area contributed by atoms with E-state index in [1.807, 2.05) is 19.1 Å². The van der Waals surface area contributed by atoms with Crippen molar-refractivity contribution in [3.63, 3.8) is 0 Å². The minimum Gasteiger partial charge on any atom is -0.508 e. The predicted molar refractivity (Wildman–Crippen MR) is 97.1 cm³/mol. The molecule has 0 saturated heterocycles. The summed E-state index contributed by atoms with van der Waals surface area (Å²) in [6.45, 7) is 7.72.